The molecule has 0 saturated heterocycles. The van der Waals surface area contributed by atoms with Gasteiger partial charge in [-0.15, -0.1) is 0 Å². The zero-order valence-electron chi connectivity index (χ0n) is 15.1. The highest BCUT2D eigenvalue weighted by molar-refractivity contribution is 5.95. The maximum Gasteiger partial charge on any atom is 0.306 e. The number of rotatable bonds is 9. The molecule has 0 saturated carbocycles. The third-order valence-corrected chi connectivity index (χ3v) is 3.91. The van der Waals surface area contributed by atoms with E-state index >= 15 is 0 Å². The molecule has 0 heterocycles. The van der Waals surface area contributed by atoms with Crippen LogP contribution in [0.4, 0.5) is 14.5 Å². The van der Waals surface area contributed by atoms with Crippen LogP contribution in [0.1, 0.15) is 18.4 Å². The molecule has 28 heavy (non-hydrogen) atoms. The molecule has 2 amide bonds. The SMILES string of the molecule is NC(=O)CCN(C(=O)COC(=O)CCc1ccc(F)cc1)c1ccc(F)cc1. The summed E-state index contributed by atoms with van der Waals surface area (Å²) >= 11 is 0. The van der Waals surface area contributed by atoms with Gasteiger partial charge >= 0.3 is 5.97 Å². The van der Waals surface area contributed by atoms with E-state index in [1.807, 2.05) is 0 Å². The lowest BCUT2D eigenvalue weighted by molar-refractivity contribution is -0.147. The summed E-state index contributed by atoms with van der Waals surface area (Å²) < 4.78 is 30.9. The molecule has 0 radical (unpaired) electrons. The second kappa shape index (κ2) is 10.1. The first-order chi connectivity index (χ1) is 13.3. The first kappa shape index (κ1) is 21.0. The van der Waals surface area contributed by atoms with E-state index in [0.29, 0.717) is 12.1 Å². The molecule has 0 fully saturated rings. The predicted octanol–water partition coefficient (Wildman–Crippen LogP) is 2.35. The molecule has 0 bridgehead atoms. The number of nitrogens with two attached hydrogens (primary N) is 1. The molecule has 148 valence electrons. The number of esters is 1. The number of carbonyl (C=O) groups excluding carboxylic acids is 3. The first-order valence-electron chi connectivity index (χ1n) is 8.59. The Bertz CT molecular complexity index is 823. The van der Waals surface area contributed by atoms with Gasteiger partial charge in [0, 0.05) is 25.1 Å². The Hall–Kier alpha value is -3.29. The van der Waals surface area contributed by atoms with Crippen molar-refractivity contribution in [3.8, 4) is 0 Å². The number of hydrogen-bond donors (Lipinski definition) is 1. The van der Waals surface area contributed by atoms with Gasteiger partial charge in [0.2, 0.25) is 5.91 Å². The number of nitrogens with zero attached hydrogens (tertiary/aromatic N) is 1. The van der Waals surface area contributed by atoms with E-state index in [-0.39, 0.29) is 25.2 Å². The third kappa shape index (κ3) is 6.79. The maximum atomic E-state index is 13.1. The topological polar surface area (TPSA) is 89.7 Å². The van der Waals surface area contributed by atoms with E-state index in [1.165, 1.54) is 41.3 Å². The van der Waals surface area contributed by atoms with Gasteiger partial charge in [0.05, 0.1) is 0 Å². The van der Waals surface area contributed by atoms with Crippen molar-refractivity contribution in [2.24, 2.45) is 5.73 Å². The Morgan fingerprint density at radius 3 is 2.04 bits per heavy atom. The summed E-state index contributed by atoms with van der Waals surface area (Å²) in [6, 6.07) is 10.8. The number of amides is 2. The van der Waals surface area contributed by atoms with Crippen molar-refractivity contribution < 1.29 is 27.9 Å². The monoisotopic (exact) mass is 390 g/mol. The Kier molecular flexibility index (Phi) is 7.62. The molecule has 2 aromatic rings. The van der Waals surface area contributed by atoms with Crippen molar-refractivity contribution in [1.82, 2.24) is 0 Å². The number of anilines is 1. The molecule has 2 N–H and O–H groups in total. The molecule has 2 rings (SSSR count). The van der Waals surface area contributed by atoms with E-state index in [9.17, 15) is 23.2 Å². The van der Waals surface area contributed by atoms with Crippen LogP contribution < -0.4 is 10.6 Å². The molecule has 0 aliphatic heterocycles. The van der Waals surface area contributed by atoms with Crippen LogP contribution in [-0.4, -0.2) is 30.9 Å². The van der Waals surface area contributed by atoms with Gasteiger partial charge in [0.15, 0.2) is 6.61 Å². The molecule has 0 aliphatic carbocycles. The molecule has 6 nitrogen and oxygen atoms in total. The average Bonchev–Trinajstić information content (AvgIpc) is 2.67. The maximum absolute atomic E-state index is 13.1. The number of hydrogen-bond acceptors (Lipinski definition) is 4. The van der Waals surface area contributed by atoms with Crippen LogP contribution in [0.3, 0.4) is 0 Å². The van der Waals surface area contributed by atoms with Crippen molar-refractivity contribution in [3.63, 3.8) is 0 Å². The predicted molar refractivity (Wildman–Crippen MR) is 98.2 cm³/mol. The normalized spacial score (nSPS) is 10.4. The van der Waals surface area contributed by atoms with Crippen LogP contribution in [-0.2, 0) is 25.5 Å². The van der Waals surface area contributed by atoms with Crippen molar-refractivity contribution in [1.29, 1.82) is 0 Å². The number of halogens is 2. The fourth-order valence-electron chi connectivity index (χ4n) is 2.43. The summed E-state index contributed by atoms with van der Waals surface area (Å²) in [5.41, 5.74) is 6.24. The van der Waals surface area contributed by atoms with Crippen molar-refractivity contribution >= 4 is 23.5 Å². The van der Waals surface area contributed by atoms with Crippen LogP contribution in [0.15, 0.2) is 48.5 Å². The van der Waals surface area contributed by atoms with Gasteiger partial charge in [-0.2, -0.15) is 0 Å². The molecule has 2 aromatic carbocycles. The summed E-state index contributed by atoms with van der Waals surface area (Å²) in [6.07, 6.45) is 0.273. The Morgan fingerprint density at radius 2 is 1.46 bits per heavy atom. The number of aryl methyl sites for hydroxylation is 1. The second-order valence-electron chi connectivity index (χ2n) is 6.03. The Balaban J connectivity index is 1.90. The van der Waals surface area contributed by atoms with E-state index in [2.05, 4.69) is 0 Å². The van der Waals surface area contributed by atoms with Crippen LogP contribution in [0.5, 0.6) is 0 Å². The molecule has 8 heteroatoms. The quantitative estimate of drug-likeness (QED) is 0.666. The minimum atomic E-state index is -0.601. The van der Waals surface area contributed by atoms with Crippen molar-refractivity contribution in [2.45, 2.75) is 19.3 Å². The van der Waals surface area contributed by atoms with Crippen LogP contribution in [0.25, 0.3) is 0 Å². The standard InChI is InChI=1S/C20H20F2N2O4/c21-15-4-1-14(2-5-15)3-10-20(27)28-13-19(26)24(12-11-18(23)25)17-8-6-16(22)7-9-17/h1-2,4-9H,3,10-13H2,(H2,23,25). The summed E-state index contributed by atoms with van der Waals surface area (Å²) in [7, 11) is 0. The minimum Gasteiger partial charge on any atom is -0.456 e. The second-order valence-corrected chi connectivity index (χ2v) is 6.03. The number of carbonyl (C=O) groups is 3. The fourth-order valence-corrected chi connectivity index (χ4v) is 2.43. The lowest BCUT2D eigenvalue weighted by Gasteiger charge is -2.22. The highest BCUT2D eigenvalue weighted by atomic mass is 19.1. The van der Waals surface area contributed by atoms with E-state index in [4.69, 9.17) is 10.5 Å². The minimum absolute atomic E-state index is 0.0209. The molecule has 0 atom stereocenters. The van der Waals surface area contributed by atoms with E-state index in [1.54, 1.807) is 12.1 Å². The number of ether oxygens (including phenoxy) is 1. The van der Waals surface area contributed by atoms with Gasteiger partial charge in [-0.05, 0) is 48.4 Å². The molecular formula is C20H20F2N2O4. The van der Waals surface area contributed by atoms with Gasteiger partial charge in [0.25, 0.3) is 5.91 Å². The highest BCUT2D eigenvalue weighted by Gasteiger charge is 2.18. The lowest BCUT2D eigenvalue weighted by atomic mass is 10.1. The molecular weight excluding hydrogens is 370 g/mol. The highest BCUT2D eigenvalue weighted by Crippen LogP contribution is 2.16. The van der Waals surface area contributed by atoms with E-state index < -0.39 is 30.2 Å². The lowest BCUT2D eigenvalue weighted by Crippen LogP contribution is -2.37. The largest absolute Gasteiger partial charge is 0.456 e. The van der Waals surface area contributed by atoms with E-state index in [0.717, 1.165) is 5.56 Å². The van der Waals surface area contributed by atoms with Crippen LogP contribution >= 0.6 is 0 Å². The van der Waals surface area contributed by atoms with Crippen molar-refractivity contribution in [3.05, 3.63) is 65.7 Å². The summed E-state index contributed by atoms with van der Waals surface area (Å²) in [5.74, 6) is -2.60. The smallest absolute Gasteiger partial charge is 0.306 e. The molecule has 0 aliphatic rings. The van der Waals surface area contributed by atoms with Gasteiger partial charge in [-0.25, -0.2) is 8.78 Å². The Labute approximate surface area is 160 Å². The fraction of sp³-hybridized carbons (Fsp3) is 0.250. The zero-order valence-corrected chi connectivity index (χ0v) is 15.1. The van der Waals surface area contributed by atoms with Crippen LogP contribution in [0.2, 0.25) is 0 Å². The summed E-state index contributed by atoms with van der Waals surface area (Å²) in [6.45, 7) is -0.550. The first-order valence-corrected chi connectivity index (χ1v) is 8.59. The average molecular weight is 390 g/mol. The molecule has 0 spiro atoms. The van der Waals surface area contributed by atoms with Crippen LogP contribution in [0, 0.1) is 11.6 Å². The van der Waals surface area contributed by atoms with Gasteiger partial charge in [-0.1, -0.05) is 12.1 Å². The summed E-state index contributed by atoms with van der Waals surface area (Å²) in [4.78, 5) is 36.5. The third-order valence-electron chi connectivity index (χ3n) is 3.91. The number of primary amides is 1. The zero-order chi connectivity index (χ0) is 20.5. The Morgan fingerprint density at radius 1 is 0.893 bits per heavy atom. The summed E-state index contributed by atoms with van der Waals surface area (Å²) in [5, 5.41) is 0. The van der Waals surface area contributed by atoms with Gasteiger partial charge in [0.1, 0.15) is 11.6 Å². The number of benzene rings is 2. The van der Waals surface area contributed by atoms with Gasteiger partial charge < -0.3 is 15.4 Å². The molecule has 0 unspecified atom stereocenters. The molecule has 0 aromatic heterocycles. The van der Waals surface area contributed by atoms with Gasteiger partial charge in [-0.3, -0.25) is 14.4 Å². The van der Waals surface area contributed by atoms with Crippen molar-refractivity contribution in [2.75, 3.05) is 18.1 Å².